The Morgan fingerprint density at radius 3 is 2.43 bits per heavy atom. The predicted molar refractivity (Wildman–Crippen MR) is 94.2 cm³/mol. The molecule has 23 heavy (non-hydrogen) atoms. The standard InChI is InChI=1S/C18H26O4Si/c1-4-5-13-21-15-22-23(19-2,20-3)14-17-11-8-10-16-9-6-7-12-18(16)17/h6-12H,4-5,13-15H2,1-3H3. The fourth-order valence-electron chi connectivity index (χ4n) is 2.51. The minimum Gasteiger partial charge on any atom is -0.377 e. The number of ether oxygens (including phenoxy) is 1. The van der Waals surface area contributed by atoms with E-state index in [-0.39, 0.29) is 6.79 Å². The summed E-state index contributed by atoms with van der Waals surface area (Å²) in [5.74, 6) is 0. The van der Waals surface area contributed by atoms with E-state index in [4.69, 9.17) is 18.0 Å². The van der Waals surface area contributed by atoms with Gasteiger partial charge in [-0.2, -0.15) is 0 Å². The van der Waals surface area contributed by atoms with Crippen molar-refractivity contribution in [2.45, 2.75) is 25.8 Å². The zero-order valence-corrected chi connectivity index (χ0v) is 15.2. The molecule has 2 aromatic rings. The van der Waals surface area contributed by atoms with Crippen LogP contribution in [-0.4, -0.2) is 36.4 Å². The molecule has 0 radical (unpaired) electrons. The molecule has 2 aromatic carbocycles. The van der Waals surface area contributed by atoms with Crippen molar-refractivity contribution in [2.75, 3.05) is 27.6 Å². The van der Waals surface area contributed by atoms with Gasteiger partial charge in [-0.15, -0.1) is 0 Å². The quantitative estimate of drug-likeness (QED) is 0.375. The molecule has 0 saturated carbocycles. The lowest BCUT2D eigenvalue weighted by Gasteiger charge is -2.26. The van der Waals surface area contributed by atoms with E-state index in [1.54, 1.807) is 14.2 Å². The predicted octanol–water partition coefficient (Wildman–Crippen LogP) is 3.94. The Kier molecular flexibility index (Phi) is 7.20. The number of benzene rings is 2. The number of hydrogen-bond donors (Lipinski definition) is 0. The summed E-state index contributed by atoms with van der Waals surface area (Å²) in [6.45, 7) is 3.04. The lowest BCUT2D eigenvalue weighted by Crippen LogP contribution is -2.47. The van der Waals surface area contributed by atoms with Gasteiger partial charge in [0.2, 0.25) is 0 Å². The van der Waals surface area contributed by atoms with Crippen molar-refractivity contribution < 1.29 is 18.0 Å². The Morgan fingerprint density at radius 1 is 0.957 bits per heavy atom. The summed E-state index contributed by atoms with van der Waals surface area (Å²) in [5.41, 5.74) is 1.17. The number of fused-ring (bicyclic) bond motifs is 1. The molecule has 0 spiro atoms. The van der Waals surface area contributed by atoms with Crippen molar-refractivity contribution in [1.29, 1.82) is 0 Å². The minimum absolute atomic E-state index is 0.207. The SMILES string of the molecule is CCCCOCO[Si](Cc1cccc2ccccc12)(OC)OC. The highest BCUT2D eigenvalue weighted by Crippen LogP contribution is 2.23. The summed E-state index contributed by atoms with van der Waals surface area (Å²) < 4.78 is 22.7. The Bertz CT molecular complexity index is 593. The summed E-state index contributed by atoms with van der Waals surface area (Å²) in [6.07, 6.45) is 2.13. The fraction of sp³-hybridized carbons (Fsp3) is 0.444. The van der Waals surface area contributed by atoms with Crippen molar-refractivity contribution in [2.24, 2.45) is 0 Å². The number of rotatable bonds is 10. The van der Waals surface area contributed by atoms with Crippen LogP contribution in [-0.2, 0) is 24.1 Å². The van der Waals surface area contributed by atoms with Crippen LogP contribution in [0.15, 0.2) is 42.5 Å². The van der Waals surface area contributed by atoms with Gasteiger partial charge in [-0.05, 0) is 22.8 Å². The van der Waals surface area contributed by atoms with Crippen LogP contribution in [0.3, 0.4) is 0 Å². The fourth-order valence-corrected chi connectivity index (χ4v) is 4.34. The molecule has 0 saturated heterocycles. The molecule has 0 amide bonds. The Morgan fingerprint density at radius 2 is 1.70 bits per heavy atom. The number of hydrogen-bond acceptors (Lipinski definition) is 4. The van der Waals surface area contributed by atoms with Crippen LogP contribution in [0, 0.1) is 0 Å². The molecule has 5 heteroatoms. The summed E-state index contributed by atoms with van der Waals surface area (Å²) in [7, 11) is 0.505. The summed E-state index contributed by atoms with van der Waals surface area (Å²) in [4.78, 5) is 0. The first-order valence-corrected chi connectivity index (χ1v) is 9.96. The second kappa shape index (κ2) is 9.15. The van der Waals surface area contributed by atoms with Gasteiger partial charge in [-0.3, -0.25) is 0 Å². The van der Waals surface area contributed by atoms with Gasteiger partial charge in [0.05, 0.1) is 0 Å². The Balaban J connectivity index is 2.11. The Labute approximate surface area is 139 Å². The molecule has 0 heterocycles. The molecule has 0 N–H and O–H groups in total. The van der Waals surface area contributed by atoms with Gasteiger partial charge in [-0.25, -0.2) is 0 Å². The highest BCUT2D eigenvalue weighted by Gasteiger charge is 2.40. The first kappa shape index (κ1) is 18.1. The van der Waals surface area contributed by atoms with Gasteiger partial charge in [0.1, 0.15) is 6.79 Å². The van der Waals surface area contributed by atoms with Crippen LogP contribution in [0.5, 0.6) is 0 Å². The second-order valence-electron chi connectivity index (χ2n) is 5.43. The van der Waals surface area contributed by atoms with E-state index < -0.39 is 8.80 Å². The van der Waals surface area contributed by atoms with Crippen LogP contribution in [0.2, 0.25) is 0 Å². The van der Waals surface area contributed by atoms with Gasteiger partial charge in [-0.1, -0.05) is 55.8 Å². The normalized spacial score (nSPS) is 12.0. The number of unbranched alkanes of at least 4 members (excludes halogenated alkanes) is 1. The van der Waals surface area contributed by atoms with Gasteiger partial charge >= 0.3 is 8.80 Å². The van der Waals surface area contributed by atoms with Crippen molar-refractivity contribution in [3.05, 3.63) is 48.0 Å². The maximum atomic E-state index is 5.90. The van der Waals surface area contributed by atoms with Gasteiger partial charge in [0.15, 0.2) is 0 Å². The monoisotopic (exact) mass is 334 g/mol. The molecule has 0 atom stereocenters. The van der Waals surface area contributed by atoms with Crippen LogP contribution >= 0.6 is 0 Å². The van der Waals surface area contributed by atoms with E-state index in [0.717, 1.165) is 12.8 Å². The zero-order chi connectivity index (χ0) is 16.5. The molecule has 0 unspecified atom stereocenters. The van der Waals surface area contributed by atoms with Crippen molar-refractivity contribution in [1.82, 2.24) is 0 Å². The maximum absolute atomic E-state index is 5.90. The van der Waals surface area contributed by atoms with Crippen molar-refractivity contribution >= 4 is 19.6 Å². The molecular weight excluding hydrogens is 308 g/mol. The average Bonchev–Trinajstić information content (AvgIpc) is 2.61. The van der Waals surface area contributed by atoms with Gasteiger partial charge in [0.25, 0.3) is 0 Å². The maximum Gasteiger partial charge on any atom is 0.506 e. The smallest absolute Gasteiger partial charge is 0.377 e. The first-order valence-electron chi connectivity index (χ1n) is 8.03. The van der Waals surface area contributed by atoms with E-state index in [9.17, 15) is 0 Å². The molecular formula is C18H26O4Si. The van der Waals surface area contributed by atoms with Crippen LogP contribution in [0.25, 0.3) is 10.8 Å². The molecule has 126 valence electrons. The highest BCUT2D eigenvalue weighted by molar-refractivity contribution is 6.60. The lowest BCUT2D eigenvalue weighted by molar-refractivity contribution is -0.0339. The lowest BCUT2D eigenvalue weighted by atomic mass is 10.1. The largest absolute Gasteiger partial charge is 0.506 e. The third-order valence-corrected chi connectivity index (χ3v) is 6.53. The Hall–Kier alpha value is -1.24. The van der Waals surface area contributed by atoms with Crippen LogP contribution in [0.1, 0.15) is 25.3 Å². The summed E-state index contributed by atoms with van der Waals surface area (Å²) in [6, 6.07) is 15.2. The molecule has 0 fully saturated rings. The van der Waals surface area contributed by atoms with Crippen LogP contribution < -0.4 is 0 Å². The van der Waals surface area contributed by atoms with Gasteiger partial charge in [0, 0.05) is 26.9 Å². The topological polar surface area (TPSA) is 36.9 Å². The molecule has 0 aliphatic rings. The van der Waals surface area contributed by atoms with E-state index in [0.29, 0.717) is 12.7 Å². The molecule has 4 nitrogen and oxygen atoms in total. The third-order valence-electron chi connectivity index (χ3n) is 3.91. The van der Waals surface area contributed by atoms with E-state index in [1.165, 1.54) is 16.3 Å². The molecule has 0 bridgehead atoms. The molecule has 2 rings (SSSR count). The summed E-state index contributed by atoms with van der Waals surface area (Å²) >= 11 is 0. The van der Waals surface area contributed by atoms with Crippen molar-refractivity contribution in [3.8, 4) is 0 Å². The van der Waals surface area contributed by atoms with Crippen molar-refractivity contribution in [3.63, 3.8) is 0 Å². The van der Waals surface area contributed by atoms with Gasteiger partial charge < -0.3 is 18.0 Å². The minimum atomic E-state index is -2.79. The molecule has 0 aliphatic carbocycles. The molecule has 0 aromatic heterocycles. The van der Waals surface area contributed by atoms with Crippen LogP contribution in [0.4, 0.5) is 0 Å². The average molecular weight is 334 g/mol. The first-order chi connectivity index (χ1) is 11.2. The molecule has 0 aliphatic heterocycles. The summed E-state index contributed by atoms with van der Waals surface area (Å²) in [5, 5.41) is 2.41. The third kappa shape index (κ3) is 4.86. The van der Waals surface area contributed by atoms with E-state index in [1.807, 2.05) is 12.1 Å². The van der Waals surface area contributed by atoms with E-state index in [2.05, 4.69) is 37.3 Å². The highest BCUT2D eigenvalue weighted by atomic mass is 28.4. The van der Waals surface area contributed by atoms with E-state index >= 15 is 0 Å². The second-order valence-corrected chi connectivity index (χ2v) is 8.26. The zero-order valence-electron chi connectivity index (χ0n) is 14.2.